The van der Waals surface area contributed by atoms with Crippen molar-refractivity contribution in [1.82, 2.24) is 4.31 Å². The van der Waals surface area contributed by atoms with E-state index in [0.29, 0.717) is 29.1 Å². The van der Waals surface area contributed by atoms with Gasteiger partial charge in [-0.15, -0.1) is 11.3 Å². The highest BCUT2D eigenvalue weighted by molar-refractivity contribution is 9.11. The molecule has 3 nitrogen and oxygen atoms in total. The molecule has 90 valence electrons. The van der Waals surface area contributed by atoms with Crippen molar-refractivity contribution in [2.24, 2.45) is 11.8 Å². The zero-order valence-electron chi connectivity index (χ0n) is 9.18. The highest BCUT2D eigenvalue weighted by atomic mass is 79.9. The summed E-state index contributed by atoms with van der Waals surface area (Å²) in [6.45, 7) is 5.48. The largest absolute Gasteiger partial charge is 0.252 e. The van der Waals surface area contributed by atoms with Crippen molar-refractivity contribution in [1.29, 1.82) is 0 Å². The summed E-state index contributed by atoms with van der Waals surface area (Å²) >= 11 is 4.56. The van der Waals surface area contributed by atoms with Crippen molar-refractivity contribution in [2.75, 3.05) is 13.1 Å². The number of rotatable bonds is 2. The molecule has 1 saturated heterocycles. The molecule has 0 saturated carbocycles. The third-order valence-electron chi connectivity index (χ3n) is 3.10. The van der Waals surface area contributed by atoms with Gasteiger partial charge < -0.3 is 0 Å². The third kappa shape index (κ3) is 2.20. The fourth-order valence-electron chi connectivity index (χ4n) is 1.84. The second-order valence-electron chi connectivity index (χ2n) is 4.34. The van der Waals surface area contributed by atoms with E-state index < -0.39 is 10.0 Å². The minimum atomic E-state index is -3.26. The van der Waals surface area contributed by atoms with Crippen LogP contribution in [0.15, 0.2) is 20.1 Å². The first kappa shape index (κ1) is 12.5. The summed E-state index contributed by atoms with van der Waals surface area (Å²) in [6, 6.07) is 3.44. The van der Waals surface area contributed by atoms with Crippen LogP contribution in [0.5, 0.6) is 0 Å². The normalized spacial score (nSPS) is 27.4. The van der Waals surface area contributed by atoms with Gasteiger partial charge in [0.1, 0.15) is 4.21 Å². The zero-order chi connectivity index (χ0) is 11.9. The van der Waals surface area contributed by atoms with Gasteiger partial charge in [-0.2, -0.15) is 4.31 Å². The van der Waals surface area contributed by atoms with Gasteiger partial charge in [0.15, 0.2) is 0 Å². The molecule has 0 amide bonds. The quantitative estimate of drug-likeness (QED) is 0.839. The Bertz CT molecular complexity index is 473. The van der Waals surface area contributed by atoms with Crippen LogP contribution in [-0.2, 0) is 10.0 Å². The van der Waals surface area contributed by atoms with Gasteiger partial charge >= 0.3 is 0 Å². The molecule has 0 aromatic carbocycles. The van der Waals surface area contributed by atoms with Crippen molar-refractivity contribution in [3.8, 4) is 0 Å². The predicted octanol–water partition coefficient (Wildman–Crippen LogP) is 2.79. The molecular weight excluding hydrogens is 310 g/mol. The predicted molar refractivity (Wildman–Crippen MR) is 69.1 cm³/mol. The van der Waals surface area contributed by atoms with E-state index in [1.54, 1.807) is 16.4 Å². The number of sulfonamides is 1. The maximum absolute atomic E-state index is 12.3. The Morgan fingerprint density at radius 2 is 1.88 bits per heavy atom. The topological polar surface area (TPSA) is 37.4 Å². The van der Waals surface area contributed by atoms with E-state index in [1.165, 1.54) is 11.3 Å². The molecule has 0 aliphatic carbocycles. The molecule has 1 aliphatic heterocycles. The van der Waals surface area contributed by atoms with E-state index in [9.17, 15) is 8.42 Å². The average molecular weight is 324 g/mol. The number of thiophene rings is 1. The molecule has 0 radical (unpaired) electrons. The molecule has 16 heavy (non-hydrogen) atoms. The Kier molecular flexibility index (Phi) is 3.45. The van der Waals surface area contributed by atoms with Crippen LogP contribution < -0.4 is 0 Å². The van der Waals surface area contributed by atoms with Gasteiger partial charge in [0, 0.05) is 13.1 Å². The summed E-state index contributed by atoms with van der Waals surface area (Å²) in [4.78, 5) is 0. The number of halogens is 1. The van der Waals surface area contributed by atoms with Crippen LogP contribution in [0.25, 0.3) is 0 Å². The van der Waals surface area contributed by atoms with Crippen LogP contribution in [0.2, 0.25) is 0 Å². The minimum absolute atomic E-state index is 0.431. The summed E-state index contributed by atoms with van der Waals surface area (Å²) in [5, 5.41) is 0. The third-order valence-corrected chi connectivity index (χ3v) is 7.02. The monoisotopic (exact) mass is 323 g/mol. The van der Waals surface area contributed by atoms with E-state index in [0.717, 1.165) is 3.79 Å². The average Bonchev–Trinajstić information content (AvgIpc) is 2.75. The number of hydrogen-bond donors (Lipinski definition) is 0. The van der Waals surface area contributed by atoms with Gasteiger partial charge in [-0.3, -0.25) is 0 Å². The molecule has 2 unspecified atom stereocenters. The van der Waals surface area contributed by atoms with E-state index in [4.69, 9.17) is 0 Å². The summed E-state index contributed by atoms with van der Waals surface area (Å²) < 4.78 is 27.4. The highest BCUT2D eigenvalue weighted by Crippen LogP contribution is 2.32. The minimum Gasteiger partial charge on any atom is -0.206 e. The van der Waals surface area contributed by atoms with Crippen LogP contribution in [0.1, 0.15) is 13.8 Å². The Hall–Kier alpha value is 0.0900. The number of hydrogen-bond acceptors (Lipinski definition) is 3. The summed E-state index contributed by atoms with van der Waals surface area (Å²) in [7, 11) is -3.26. The Morgan fingerprint density at radius 1 is 1.31 bits per heavy atom. The molecule has 2 rings (SSSR count). The lowest BCUT2D eigenvalue weighted by Gasteiger charge is -2.14. The van der Waals surface area contributed by atoms with Crippen LogP contribution in [0.4, 0.5) is 0 Å². The standard InChI is InChI=1S/C10H14BrNO2S2/c1-7-5-12(6-8(7)2)16(13,14)10-4-3-9(11)15-10/h3-4,7-8H,5-6H2,1-2H3. The molecule has 1 aliphatic rings. The van der Waals surface area contributed by atoms with Crippen molar-refractivity contribution in [3.05, 3.63) is 15.9 Å². The second-order valence-corrected chi connectivity index (χ2v) is 8.96. The first-order chi connectivity index (χ1) is 7.41. The summed E-state index contributed by atoms with van der Waals surface area (Å²) in [6.07, 6.45) is 0. The molecule has 1 aromatic heterocycles. The molecule has 0 bridgehead atoms. The molecular formula is C10H14BrNO2S2. The van der Waals surface area contributed by atoms with Crippen LogP contribution in [-0.4, -0.2) is 25.8 Å². The van der Waals surface area contributed by atoms with E-state index in [1.807, 2.05) is 0 Å². The molecule has 1 aromatic rings. The smallest absolute Gasteiger partial charge is 0.206 e. The van der Waals surface area contributed by atoms with Gasteiger partial charge in [-0.05, 0) is 39.9 Å². The first-order valence-electron chi connectivity index (χ1n) is 5.16. The van der Waals surface area contributed by atoms with E-state index >= 15 is 0 Å². The highest BCUT2D eigenvalue weighted by Gasteiger charge is 2.35. The van der Waals surface area contributed by atoms with Crippen LogP contribution in [0.3, 0.4) is 0 Å². The van der Waals surface area contributed by atoms with E-state index in [-0.39, 0.29) is 0 Å². The Balaban J connectivity index is 2.27. The van der Waals surface area contributed by atoms with Gasteiger partial charge in [0.25, 0.3) is 10.0 Å². The fourth-order valence-corrected chi connectivity index (χ4v) is 5.64. The summed E-state index contributed by atoms with van der Waals surface area (Å²) in [5.41, 5.74) is 0. The molecule has 0 N–H and O–H groups in total. The van der Waals surface area contributed by atoms with Crippen molar-refractivity contribution < 1.29 is 8.42 Å². The molecule has 2 heterocycles. The van der Waals surface area contributed by atoms with Gasteiger partial charge in [0.2, 0.25) is 0 Å². The maximum Gasteiger partial charge on any atom is 0.252 e. The van der Waals surface area contributed by atoms with Gasteiger partial charge in [0.05, 0.1) is 3.79 Å². The van der Waals surface area contributed by atoms with Gasteiger partial charge in [-0.1, -0.05) is 13.8 Å². The van der Waals surface area contributed by atoms with Crippen LogP contribution in [0, 0.1) is 11.8 Å². The molecule has 0 spiro atoms. The SMILES string of the molecule is CC1CN(S(=O)(=O)c2ccc(Br)s2)CC1C. The Morgan fingerprint density at radius 3 is 2.31 bits per heavy atom. The fraction of sp³-hybridized carbons (Fsp3) is 0.600. The van der Waals surface area contributed by atoms with Crippen LogP contribution >= 0.6 is 27.3 Å². The van der Waals surface area contributed by atoms with E-state index in [2.05, 4.69) is 29.8 Å². The second kappa shape index (κ2) is 4.40. The zero-order valence-corrected chi connectivity index (χ0v) is 12.4. The van der Waals surface area contributed by atoms with Crippen molar-refractivity contribution in [2.45, 2.75) is 18.1 Å². The Labute approximate surface area is 109 Å². The van der Waals surface area contributed by atoms with Gasteiger partial charge in [-0.25, -0.2) is 8.42 Å². The maximum atomic E-state index is 12.3. The molecule has 6 heteroatoms. The lowest BCUT2D eigenvalue weighted by atomic mass is 10.0. The lowest BCUT2D eigenvalue weighted by molar-refractivity contribution is 0.465. The van der Waals surface area contributed by atoms with Crippen molar-refractivity contribution >= 4 is 37.3 Å². The van der Waals surface area contributed by atoms with Crippen molar-refractivity contribution in [3.63, 3.8) is 0 Å². The first-order valence-corrected chi connectivity index (χ1v) is 8.21. The summed E-state index contributed by atoms with van der Waals surface area (Å²) in [5.74, 6) is 0.886. The number of nitrogens with zero attached hydrogens (tertiary/aromatic N) is 1. The lowest BCUT2D eigenvalue weighted by Crippen LogP contribution is -2.28. The molecule has 1 fully saturated rings. The molecule has 2 atom stereocenters.